The highest BCUT2D eigenvalue weighted by atomic mass is 35.5. The van der Waals surface area contributed by atoms with E-state index in [4.69, 9.17) is 11.6 Å². The summed E-state index contributed by atoms with van der Waals surface area (Å²) in [4.78, 5) is 18.1. The molecule has 3 nitrogen and oxygen atoms in total. The van der Waals surface area contributed by atoms with Crippen molar-refractivity contribution in [2.45, 2.75) is 44.4 Å². The lowest BCUT2D eigenvalue weighted by atomic mass is 9.80. The lowest BCUT2D eigenvalue weighted by Gasteiger charge is -2.33. The summed E-state index contributed by atoms with van der Waals surface area (Å²) in [5.74, 6) is 0.589. The second-order valence-electron chi connectivity index (χ2n) is 6.57. The maximum atomic E-state index is 12.9. The molecule has 0 atom stereocenters. The smallest absolute Gasteiger partial charge is 0.255 e. The van der Waals surface area contributed by atoms with Gasteiger partial charge in [-0.2, -0.15) is 0 Å². The second-order valence-corrected chi connectivity index (χ2v) is 6.97. The summed E-state index contributed by atoms with van der Waals surface area (Å²) in [7, 11) is 0. The van der Waals surface area contributed by atoms with Gasteiger partial charge >= 0.3 is 0 Å². The molecule has 0 radical (unpaired) electrons. The molecule has 1 aliphatic heterocycles. The fourth-order valence-electron chi connectivity index (χ4n) is 3.91. The molecule has 2 aromatic rings. The zero-order chi connectivity index (χ0) is 15.1. The number of H-pyrrole nitrogens is 1. The average molecular weight is 317 g/mol. The molecule has 22 heavy (non-hydrogen) atoms. The molecule has 0 spiro atoms. The van der Waals surface area contributed by atoms with Crippen molar-refractivity contribution in [2.75, 3.05) is 13.1 Å². The molecule has 116 valence electrons. The molecule has 1 aromatic carbocycles. The van der Waals surface area contributed by atoms with Crippen LogP contribution in [0.3, 0.4) is 0 Å². The van der Waals surface area contributed by atoms with E-state index in [2.05, 4.69) is 11.1 Å². The summed E-state index contributed by atoms with van der Waals surface area (Å²) < 4.78 is 0. The third-order valence-corrected chi connectivity index (χ3v) is 5.52. The first-order valence-electron chi connectivity index (χ1n) is 8.34. The Kier molecular flexibility index (Phi) is 3.61. The number of nitrogens with zero attached hydrogens (tertiary/aromatic N) is 1. The highest BCUT2D eigenvalue weighted by Gasteiger charge is 2.30. The molecular formula is C18H21ClN2O. The molecule has 1 amide bonds. The fraction of sp³-hybridized carbons (Fsp3) is 0.500. The van der Waals surface area contributed by atoms with Crippen molar-refractivity contribution in [1.82, 2.24) is 9.88 Å². The third-order valence-electron chi connectivity index (χ3n) is 5.22. The number of likely N-dealkylation sites (tertiary alicyclic amines) is 1. The first-order chi connectivity index (χ1) is 10.8. The van der Waals surface area contributed by atoms with Crippen LogP contribution in [0.1, 0.15) is 60.4 Å². The van der Waals surface area contributed by atoms with Crippen molar-refractivity contribution in [3.05, 3.63) is 34.5 Å². The number of fused-ring (bicyclic) bond motifs is 1. The number of benzene rings is 1. The number of amides is 1. The minimum absolute atomic E-state index is 0.125. The van der Waals surface area contributed by atoms with Gasteiger partial charge in [0.1, 0.15) is 0 Å². The molecule has 2 aliphatic rings. The van der Waals surface area contributed by atoms with Crippen LogP contribution < -0.4 is 0 Å². The quantitative estimate of drug-likeness (QED) is 0.855. The van der Waals surface area contributed by atoms with Crippen LogP contribution in [0.5, 0.6) is 0 Å². The van der Waals surface area contributed by atoms with Crippen molar-refractivity contribution in [1.29, 1.82) is 0 Å². The number of rotatable bonds is 2. The molecule has 1 aromatic heterocycles. The Labute approximate surface area is 135 Å². The Hall–Kier alpha value is -1.48. The number of nitrogens with one attached hydrogen (secondary N) is 1. The summed E-state index contributed by atoms with van der Waals surface area (Å²) in [6.07, 6.45) is 9.20. The summed E-state index contributed by atoms with van der Waals surface area (Å²) in [6.45, 7) is 1.73. The average Bonchev–Trinajstić information content (AvgIpc) is 2.92. The van der Waals surface area contributed by atoms with E-state index in [0.717, 1.165) is 30.6 Å². The number of aromatic nitrogens is 1. The van der Waals surface area contributed by atoms with Crippen LogP contribution >= 0.6 is 11.6 Å². The van der Waals surface area contributed by atoms with Gasteiger partial charge in [0.25, 0.3) is 5.91 Å². The Bertz CT molecular complexity index is 711. The van der Waals surface area contributed by atoms with Gasteiger partial charge in [-0.3, -0.25) is 4.79 Å². The molecule has 0 unspecified atom stereocenters. The van der Waals surface area contributed by atoms with E-state index in [1.54, 1.807) is 0 Å². The zero-order valence-corrected chi connectivity index (χ0v) is 13.5. The number of hydrogen-bond acceptors (Lipinski definition) is 1. The van der Waals surface area contributed by atoms with E-state index < -0.39 is 0 Å². The molecule has 4 heteroatoms. The van der Waals surface area contributed by atoms with Crippen LogP contribution in [0.15, 0.2) is 18.3 Å². The Balaban J connectivity index is 1.88. The highest BCUT2D eigenvalue weighted by Crippen LogP contribution is 2.41. The molecule has 2 fully saturated rings. The van der Waals surface area contributed by atoms with Crippen molar-refractivity contribution in [3.8, 4) is 0 Å². The van der Waals surface area contributed by atoms with Crippen LogP contribution in [-0.4, -0.2) is 28.9 Å². The lowest BCUT2D eigenvalue weighted by Crippen LogP contribution is -2.42. The van der Waals surface area contributed by atoms with Crippen LogP contribution in [0.25, 0.3) is 10.9 Å². The number of carbonyl (C=O) groups excluding carboxylic acids is 1. The summed E-state index contributed by atoms with van der Waals surface area (Å²) in [5.41, 5.74) is 3.01. The predicted molar refractivity (Wildman–Crippen MR) is 89.7 cm³/mol. The van der Waals surface area contributed by atoms with Gasteiger partial charge in [0.2, 0.25) is 0 Å². The van der Waals surface area contributed by atoms with E-state index >= 15 is 0 Å². The van der Waals surface area contributed by atoms with E-state index in [1.165, 1.54) is 43.1 Å². The monoisotopic (exact) mass is 316 g/mol. The Morgan fingerprint density at radius 1 is 1.18 bits per heavy atom. The summed E-state index contributed by atoms with van der Waals surface area (Å²) >= 11 is 6.54. The standard InChI is InChI=1S/C18H21ClN2O/c19-14-11-15-13(7-8-20-15)16(12-5-2-1-3-6-12)17(14)18(22)21-9-4-10-21/h7-8,11-12,20H,1-6,9-10H2. The van der Waals surface area contributed by atoms with Crippen molar-refractivity contribution < 1.29 is 4.79 Å². The van der Waals surface area contributed by atoms with Crippen LogP contribution in [0.4, 0.5) is 0 Å². The molecule has 1 saturated heterocycles. The highest BCUT2D eigenvalue weighted by molar-refractivity contribution is 6.35. The molecule has 1 N–H and O–H groups in total. The Morgan fingerprint density at radius 3 is 2.64 bits per heavy atom. The molecule has 2 heterocycles. The van der Waals surface area contributed by atoms with Crippen molar-refractivity contribution in [3.63, 3.8) is 0 Å². The summed E-state index contributed by atoms with van der Waals surface area (Å²) in [6, 6.07) is 4.01. The van der Waals surface area contributed by atoms with E-state index in [-0.39, 0.29) is 5.91 Å². The normalized spacial score (nSPS) is 19.4. The van der Waals surface area contributed by atoms with Gasteiger partial charge in [0.05, 0.1) is 10.6 Å². The SMILES string of the molecule is O=C(c1c(Cl)cc2[nH]ccc2c1C1CCCCC1)N1CCC1. The molecular weight excluding hydrogens is 296 g/mol. The number of halogens is 1. The van der Waals surface area contributed by atoms with E-state index in [0.29, 0.717) is 10.9 Å². The second kappa shape index (κ2) is 5.62. The van der Waals surface area contributed by atoms with Gasteiger partial charge < -0.3 is 9.88 Å². The van der Waals surface area contributed by atoms with Crippen molar-refractivity contribution >= 4 is 28.4 Å². The van der Waals surface area contributed by atoms with Gasteiger partial charge in [-0.1, -0.05) is 30.9 Å². The minimum Gasteiger partial charge on any atom is -0.361 e. The number of aromatic amines is 1. The van der Waals surface area contributed by atoms with Gasteiger partial charge in [-0.15, -0.1) is 0 Å². The van der Waals surface area contributed by atoms with Gasteiger partial charge in [-0.25, -0.2) is 0 Å². The van der Waals surface area contributed by atoms with Gasteiger partial charge in [0.15, 0.2) is 0 Å². The fourth-order valence-corrected chi connectivity index (χ4v) is 4.20. The first kappa shape index (κ1) is 14.1. The maximum absolute atomic E-state index is 12.9. The molecule has 1 aliphatic carbocycles. The minimum atomic E-state index is 0.125. The Morgan fingerprint density at radius 2 is 1.95 bits per heavy atom. The summed E-state index contributed by atoms with van der Waals surface area (Å²) in [5, 5.41) is 1.78. The van der Waals surface area contributed by atoms with Crippen molar-refractivity contribution in [2.24, 2.45) is 0 Å². The van der Waals surface area contributed by atoms with E-state index in [9.17, 15) is 4.79 Å². The van der Waals surface area contributed by atoms with E-state index in [1.807, 2.05) is 17.2 Å². The predicted octanol–water partition coefficient (Wildman–Crippen LogP) is 4.71. The van der Waals surface area contributed by atoms with Gasteiger partial charge in [-0.05, 0) is 42.9 Å². The first-order valence-corrected chi connectivity index (χ1v) is 8.72. The third kappa shape index (κ3) is 2.23. The molecule has 4 rings (SSSR count). The lowest BCUT2D eigenvalue weighted by molar-refractivity contribution is 0.0650. The van der Waals surface area contributed by atoms with Gasteiger partial charge in [0, 0.05) is 30.2 Å². The zero-order valence-electron chi connectivity index (χ0n) is 12.7. The van der Waals surface area contributed by atoms with Crippen LogP contribution in [-0.2, 0) is 0 Å². The number of carbonyl (C=O) groups is 1. The maximum Gasteiger partial charge on any atom is 0.255 e. The number of hydrogen-bond donors (Lipinski definition) is 1. The molecule has 0 bridgehead atoms. The largest absolute Gasteiger partial charge is 0.361 e. The topological polar surface area (TPSA) is 36.1 Å². The van der Waals surface area contributed by atoms with Crippen LogP contribution in [0.2, 0.25) is 5.02 Å². The molecule has 1 saturated carbocycles. The van der Waals surface area contributed by atoms with Crippen LogP contribution in [0, 0.1) is 0 Å².